The van der Waals surface area contributed by atoms with E-state index in [2.05, 4.69) is 29.8 Å². The number of nitrogens with two attached hydrogens (primary N) is 1. The van der Waals surface area contributed by atoms with Crippen LogP contribution < -0.4 is 5.73 Å². The molecular weight excluding hydrogens is 359 g/mol. The first-order valence-corrected chi connectivity index (χ1v) is 9.17. The van der Waals surface area contributed by atoms with E-state index in [1.807, 2.05) is 0 Å². The fourth-order valence-electron chi connectivity index (χ4n) is 2.50. The van der Waals surface area contributed by atoms with Crippen molar-refractivity contribution in [1.29, 1.82) is 0 Å². The van der Waals surface area contributed by atoms with E-state index in [1.165, 1.54) is 10.4 Å². The number of hydrogen-bond acceptors (Lipinski definition) is 3. The van der Waals surface area contributed by atoms with Gasteiger partial charge in [0.25, 0.3) is 0 Å². The SMILES string of the molecule is CCC1(C)CCN(S(=O)(=O)c2cc(N)c(F)cc2Br)CC1. The van der Waals surface area contributed by atoms with Gasteiger partial charge in [-0.05, 0) is 46.3 Å². The lowest BCUT2D eigenvalue weighted by Crippen LogP contribution is -2.42. The first-order chi connectivity index (χ1) is 9.69. The molecule has 0 aromatic heterocycles. The van der Waals surface area contributed by atoms with Crippen molar-refractivity contribution in [3.63, 3.8) is 0 Å². The molecule has 0 saturated carbocycles. The highest BCUT2D eigenvalue weighted by Crippen LogP contribution is 2.37. The Hall–Kier alpha value is -0.660. The van der Waals surface area contributed by atoms with Crippen LogP contribution >= 0.6 is 15.9 Å². The summed E-state index contributed by atoms with van der Waals surface area (Å²) in [6.07, 6.45) is 2.70. The summed E-state index contributed by atoms with van der Waals surface area (Å²) >= 11 is 3.12. The van der Waals surface area contributed by atoms with Gasteiger partial charge >= 0.3 is 0 Å². The molecule has 4 nitrogen and oxygen atoms in total. The molecule has 0 radical (unpaired) electrons. The fourth-order valence-corrected chi connectivity index (χ4v) is 4.95. The zero-order valence-electron chi connectivity index (χ0n) is 12.2. The van der Waals surface area contributed by atoms with Gasteiger partial charge in [-0.1, -0.05) is 20.3 Å². The second-order valence-corrected chi connectivity index (χ2v) is 8.63. The van der Waals surface area contributed by atoms with Crippen molar-refractivity contribution in [3.05, 3.63) is 22.4 Å². The highest BCUT2D eigenvalue weighted by atomic mass is 79.9. The summed E-state index contributed by atoms with van der Waals surface area (Å²) in [5, 5.41) is 0. The zero-order valence-corrected chi connectivity index (χ0v) is 14.6. The summed E-state index contributed by atoms with van der Waals surface area (Å²) in [7, 11) is -3.65. The second kappa shape index (κ2) is 5.85. The van der Waals surface area contributed by atoms with E-state index in [1.54, 1.807) is 0 Å². The van der Waals surface area contributed by atoms with Gasteiger partial charge in [-0.15, -0.1) is 0 Å². The van der Waals surface area contributed by atoms with Gasteiger partial charge in [0.1, 0.15) is 5.82 Å². The van der Waals surface area contributed by atoms with Gasteiger partial charge in [0.05, 0.1) is 10.6 Å². The minimum Gasteiger partial charge on any atom is -0.396 e. The van der Waals surface area contributed by atoms with Crippen LogP contribution in [0.15, 0.2) is 21.5 Å². The summed E-state index contributed by atoms with van der Waals surface area (Å²) in [4.78, 5) is 0.0292. The van der Waals surface area contributed by atoms with Gasteiger partial charge in [-0.3, -0.25) is 0 Å². The molecule has 1 saturated heterocycles. The van der Waals surface area contributed by atoms with Crippen molar-refractivity contribution < 1.29 is 12.8 Å². The zero-order chi connectivity index (χ0) is 15.8. The summed E-state index contributed by atoms with van der Waals surface area (Å²) in [5.41, 5.74) is 5.54. The van der Waals surface area contributed by atoms with Crippen LogP contribution in [0.25, 0.3) is 0 Å². The monoisotopic (exact) mass is 378 g/mol. The number of nitrogen functional groups attached to an aromatic ring is 1. The molecule has 1 aromatic rings. The van der Waals surface area contributed by atoms with Crippen molar-refractivity contribution in [2.75, 3.05) is 18.8 Å². The largest absolute Gasteiger partial charge is 0.396 e. The molecule has 0 aliphatic carbocycles. The van der Waals surface area contributed by atoms with Crippen molar-refractivity contribution in [2.24, 2.45) is 5.41 Å². The Labute approximate surface area is 133 Å². The highest BCUT2D eigenvalue weighted by molar-refractivity contribution is 9.10. The van der Waals surface area contributed by atoms with E-state index in [0.29, 0.717) is 13.1 Å². The molecule has 7 heteroatoms. The first kappa shape index (κ1) is 16.7. The maximum atomic E-state index is 13.4. The van der Waals surface area contributed by atoms with Crippen molar-refractivity contribution in [3.8, 4) is 0 Å². The molecule has 0 spiro atoms. The molecule has 1 aliphatic heterocycles. The third-order valence-electron chi connectivity index (χ3n) is 4.45. The minimum absolute atomic E-state index is 0.0292. The number of rotatable bonds is 3. The Balaban J connectivity index is 2.30. The lowest BCUT2D eigenvalue weighted by atomic mass is 9.79. The summed E-state index contributed by atoms with van der Waals surface area (Å²) < 4.78 is 40.4. The van der Waals surface area contributed by atoms with Crippen LogP contribution in [-0.2, 0) is 10.0 Å². The van der Waals surface area contributed by atoms with Gasteiger partial charge in [0, 0.05) is 17.6 Å². The maximum Gasteiger partial charge on any atom is 0.244 e. The van der Waals surface area contributed by atoms with Crippen molar-refractivity contribution in [1.82, 2.24) is 4.31 Å². The average molecular weight is 379 g/mol. The Morgan fingerprint density at radius 3 is 2.48 bits per heavy atom. The molecule has 21 heavy (non-hydrogen) atoms. The molecule has 2 rings (SSSR count). The molecule has 1 aromatic carbocycles. The van der Waals surface area contributed by atoms with Crippen LogP contribution in [0, 0.1) is 11.2 Å². The van der Waals surface area contributed by atoms with E-state index in [9.17, 15) is 12.8 Å². The fraction of sp³-hybridized carbons (Fsp3) is 0.571. The number of halogens is 2. The molecular formula is C14H20BrFN2O2S. The minimum atomic E-state index is -3.65. The predicted molar refractivity (Wildman–Crippen MR) is 84.9 cm³/mol. The number of benzene rings is 1. The summed E-state index contributed by atoms with van der Waals surface area (Å²) in [6, 6.07) is 2.28. The first-order valence-electron chi connectivity index (χ1n) is 6.94. The third-order valence-corrected chi connectivity index (χ3v) is 7.31. The highest BCUT2D eigenvalue weighted by Gasteiger charge is 2.35. The molecule has 0 amide bonds. The predicted octanol–water partition coefficient (Wildman–Crippen LogP) is 3.37. The van der Waals surface area contributed by atoms with E-state index < -0.39 is 15.8 Å². The van der Waals surface area contributed by atoms with Gasteiger partial charge in [-0.25, -0.2) is 12.8 Å². The number of sulfonamides is 1. The normalized spacial score (nSPS) is 19.6. The van der Waals surface area contributed by atoms with Crippen LogP contribution in [0.1, 0.15) is 33.1 Å². The number of piperidine rings is 1. The Morgan fingerprint density at radius 1 is 1.38 bits per heavy atom. The van der Waals surface area contributed by atoms with Crippen LogP contribution in [0.5, 0.6) is 0 Å². The second-order valence-electron chi connectivity index (χ2n) is 5.87. The van der Waals surface area contributed by atoms with E-state index in [0.717, 1.165) is 25.3 Å². The van der Waals surface area contributed by atoms with Crippen LogP contribution in [0.4, 0.5) is 10.1 Å². The Kier molecular flexibility index (Phi) is 4.66. The molecule has 2 N–H and O–H groups in total. The van der Waals surface area contributed by atoms with Gasteiger partial charge in [0.2, 0.25) is 10.0 Å². The number of nitrogens with zero attached hydrogens (tertiary/aromatic N) is 1. The average Bonchev–Trinajstić information content (AvgIpc) is 2.43. The summed E-state index contributed by atoms with van der Waals surface area (Å²) in [5.74, 6) is -0.627. The van der Waals surface area contributed by atoms with Gasteiger partial charge < -0.3 is 5.73 Å². The van der Waals surface area contributed by atoms with E-state index in [4.69, 9.17) is 5.73 Å². The molecule has 118 valence electrons. The molecule has 1 aliphatic rings. The van der Waals surface area contributed by atoms with Crippen LogP contribution in [0.3, 0.4) is 0 Å². The standard InChI is InChI=1S/C14H20BrFN2O2S/c1-3-14(2)4-6-18(7-5-14)21(19,20)13-9-12(17)11(16)8-10(13)15/h8-9H,3-7,17H2,1-2H3. The Morgan fingerprint density at radius 2 is 1.95 bits per heavy atom. The lowest BCUT2D eigenvalue weighted by Gasteiger charge is -2.38. The molecule has 1 heterocycles. The molecule has 0 atom stereocenters. The van der Waals surface area contributed by atoms with Crippen molar-refractivity contribution in [2.45, 2.75) is 38.0 Å². The molecule has 0 unspecified atom stereocenters. The van der Waals surface area contributed by atoms with E-state index >= 15 is 0 Å². The third kappa shape index (κ3) is 3.24. The molecule has 1 fully saturated rings. The Bertz CT molecular complexity index is 641. The summed E-state index contributed by atoms with van der Waals surface area (Å²) in [6.45, 7) is 5.27. The quantitative estimate of drug-likeness (QED) is 0.819. The smallest absolute Gasteiger partial charge is 0.244 e. The van der Waals surface area contributed by atoms with Crippen molar-refractivity contribution >= 4 is 31.6 Å². The molecule has 0 bridgehead atoms. The van der Waals surface area contributed by atoms with Crippen LogP contribution in [0.2, 0.25) is 0 Å². The van der Waals surface area contributed by atoms with Gasteiger partial charge in [-0.2, -0.15) is 4.31 Å². The maximum absolute atomic E-state index is 13.4. The van der Waals surface area contributed by atoms with Crippen LogP contribution in [-0.4, -0.2) is 25.8 Å². The van der Waals surface area contributed by atoms with E-state index in [-0.39, 0.29) is 20.5 Å². The number of hydrogen-bond donors (Lipinski definition) is 1. The lowest BCUT2D eigenvalue weighted by molar-refractivity contribution is 0.169. The number of anilines is 1. The van der Waals surface area contributed by atoms with Gasteiger partial charge in [0.15, 0.2) is 0 Å². The topological polar surface area (TPSA) is 63.4 Å².